The first kappa shape index (κ1) is 27.1. The van der Waals surface area contributed by atoms with E-state index >= 15 is 0 Å². The molecule has 2 aliphatic rings. The highest BCUT2D eigenvalue weighted by atomic mass is 32.2. The Morgan fingerprint density at radius 2 is 1.95 bits per heavy atom. The summed E-state index contributed by atoms with van der Waals surface area (Å²) in [5.74, 6) is 0.739. The number of aromatic nitrogens is 5. The highest BCUT2D eigenvalue weighted by Crippen LogP contribution is 2.40. The van der Waals surface area contributed by atoms with Crippen molar-refractivity contribution >= 4 is 43.3 Å². The average Bonchev–Trinajstić information content (AvgIpc) is 3.36. The minimum absolute atomic E-state index is 0.0410. The smallest absolute Gasteiger partial charge is 0.291 e. The van der Waals surface area contributed by atoms with Gasteiger partial charge in [-0.05, 0) is 56.8 Å². The minimum atomic E-state index is -4.03. The number of halogens is 2. The lowest BCUT2D eigenvalue weighted by molar-refractivity contribution is 0.150. The van der Waals surface area contributed by atoms with Gasteiger partial charge in [0.15, 0.2) is 10.7 Å². The molecule has 10 nitrogen and oxygen atoms in total. The quantitative estimate of drug-likeness (QED) is 0.319. The Balaban J connectivity index is 1.50. The summed E-state index contributed by atoms with van der Waals surface area (Å²) < 4.78 is 57.5. The first-order chi connectivity index (χ1) is 19.1. The number of alkyl halides is 2. The van der Waals surface area contributed by atoms with Crippen molar-refractivity contribution in [2.45, 2.75) is 62.3 Å². The molecule has 210 valence electrons. The highest BCUT2D eigenvalue weighted by molar-refractivity contribution is 7.89. The van der Waals surface area contributed by atoms with E-state index < -0.39 is 27.0 Å². The lowest BCUT2D eigenvalue weighted by Gasteiger charge is -2.32. The molecule has 4 heterocycles. The minimum Gasteiger partial charge on any atom is -0.303 e. The molecule has 3 aromatic heterocycles. The Labute approximate surface area is 234 Å². The predicted molar refractivity (Wildman–Crippen MR) is 146 cm³/mol. The van der Waals surface area contributed by atoms with Crippen molar-refractivity contribution in [2.24, 2.45) is 5.92 Å². The fourth-order valence-electron chi connectivity index (χ4n) is 5.50. The first-order valence-corrected chi connectivity index (χ1v) is 15.5. The molecule has 1 saturated carbocycles. The van der Waals surface area contributed by atoms with Gasteiger partial charge in [0.2, 0.25) is 15.2 Å². The van der Waals surface area contributed by atoms with Crippen molar-refractivity contribution in [1.29, 1.82) is 5.26 Å². The van der Waals surface area contributed by atoms with Crippen molar-refractivity contribution < 1.29 is 17.2 Å². The largest absolute Gasteiger partial charge is 0.303 e. The van der Waals surface area contributed by atoms with Gasteiger partial charge in [-0.25, -0.2) is 27.2 Å². The third-order valence-corrected chi connectivity index (χ3v) is 10.0. The molecule has 4 aromatic rings. The van der Waals surface area contributed by atoms with Crippen molar-refractivity contribution in [3.8, 4) is 11.2 Å². The maximum Gasteiger partial charge on any atom is 0.291 e. The Hall–Kier alpha value is -3.12. The molecule has 0 spiro atoms. The number of rotatable bonds is 8. The van der Waals surface area contributed by atoms with Crippen molar-refractivity contribution in [2.75, 3.05) is 19.6 Å². The number of fused-ring (bicyclic) bond motifs is 3. The molecule has 1 aliphatic carbocycles. The van der Waals surface area contributed by atoms with Crippen LogP contribution in [0.3, 0.4) is 0 Å². The fraction of sp³-hybridized carbons (Fsp3) is 0.500. The zero-order valence-electron chi connectivity index (χ0n) is 22.0. The predicted octanol–water partition coefficient (Wildman–Crippen LogP) is 4.53. The normalized spacial score (nSPS) is 18.2. The highest BCUT2D eigenvalue weighted by Gasteiger charge is 2.47. The standard InChI is InChI=1S/C26H28F2N8O2S2/c1-15(2)12-35-9-5-16(6-10-35)21-20-18-4-3-17(40(37,38)34-26(13-29)7-8-26)11-19(18)36(23(20)31-14-30-21)25-33-32-24(39-25)22(27)28/h3-4,11,14-16,22,34H,5-10,12H2,1-2H3. The molecule has 0 radical (unpaired) electrons. The molecule has 1 saturated heterocycles. The van der Waals surface area contributed by atoms with Gasteiger partial charge in [-0.1, -0.05) is 31.3 Å². The first-order valence-electron chi connectivity index (χ1n) is 13.2. The Bertz CT molecular complexity index is 1730. The summed E-state index contributed by atoms with van der Waals surface area (Å²) in [4.78, 5) is 11.6. The number of hydrogen-bond acceptors (Lipinski definition) is 9. The van der Waals surface area contributed by atoms with E-state index in [4.69, 9.17) is 0 Å². The molecule has 0 unspecified atom stereocenters. The Morgan fingerprint density at radius 1 is 1.20 bits per heavy atom. The van der Waals surface area contributed by atoms with E-state index in [0.29, 0.717) is 35.3 Å². The molecule has 6 rings (SSSR count). The summed E-state index contributed by atoms with van der Waals surface area (Å²) in [6.45, 7) is 7.33. The lowest BCUT2D eigenvalue weighted by Crippen LogP contribution is -2.35. The lowest BCUT2D eigenvalue weighted by atomic mass is 9.90. The van der Waals surface area contributed by atoms with Crippen LogP contribution in [0.25, 0.3) is 27.1 Å². The Morgan fingerprint density at radius 3 is 2.58 bits per heavy atom. The summed E-state index contributed by atoms with van der Waals surface area (Å²) in [6, 6.07) is 6.71. The van der Waals surface area contributed by atoms with Crippen LogP contribution in [0.2, 0.25) is 0 Å². The number of nitrogens with zero attached hydrogens (tertiary/aromatic N) is 7. The molecular formula is C26H28F2N8O2S2. The van der Waals surface area contributed by atoms with E-state index in [1.54, 1.807) is 10.6 Å². The van der Waals surface area contributed by atoms with Crippen LogP contribution in [0.5, 0.6) is 0 Å². The van der Waals surface area contributed by atoms with Gasteiger partial charge in [0.25, 0.3) is 6.43 Å². The molecule has 0 amide bonds. The molecule has 0 bridgehead atoms. The molecule has 1 aliphatic heterocycles. The van der Waals surface area contributed by atoms with Crippen LogP contribution in [0.4, 0.5) is 8.78 Å². The number of likely N-dealkylation sites (tertiary alicyclic amines) is 1. The molecule has 1 N–H and O–H groups in total. The number of nitriles is 1. The average molecular weight is 587 g/mol. The van der Waals surface area contributed by atoms with Crippen molar-refractivity contribution in [3.63, 3.8) is 0 Å². The van der Waals surface area contributed by atoms with E-state index in [9.17, 15) is 22.5 Å². The monoisotopic (exact) mass is 586 g/mol. The van der Waals surface area contributed by atoms with E-state index in [1.165, 1.54) is 18.5 Å². The second kappa shape index (κ2) is 10.1. The van der Waals surface area contributed by atoms with Crippen molar-refractivity contribution in [1.82, 2.24) is 34.4 Å². The molecule has 14 heteroatoms. The summed E-state index contributed by atoms with van der Waals surface area (Å²) in [5, 5.41) is 18.2. The molecule has 40 heavy (non-hydrogen) atoms. The summed E-state index contributed by atoms with van der Waals surface area (Å²) in [6.07, 6.45) is 1.38. The molecular weight excluding hydrogens is 558 g/mol. The number of nitrogens with one attached hydrogen (secondary N) is 1. The van der Waals surface area contributed by atoms with Crippen LogP contribution >= 0.6 is 11.3 Å². The van der Waals surface area contributed by atoms with Gasteiger partial charge in [-0.3, -0.25) is 4.57 Å². The SMILES string of the molecule is CC(C)CN1CCC(c2ncnc3c2c2ccc(S(=O)(=O)NC4(C#N)CC4)cc2n3-c2nnc(C(F)F)s2)CC1. The van der Waals surface area contributed by atoms with Gasteiger partial charge < -0.3 is 4.90 Å². The number of sulfonamides is 1. The summed E-state index contributed by atoms with van der Waals surface area (Å²) >= 11 is 0.728. The van der Waals surface area contributed by atoms with Crippen LogP contribution in [-0.2, 0) is 10.0 Å². The van der Waals surface area contributed by atoms with Crippen LogP contribution in [0, 0.1) is 17.2 Å². The van der Waals surface area contributed by atoms with Crippen molar-refractivity contribution in [3.05, 3.63) is 35.2 Å². The summed E-state index contributed by atoms with van der Waals surface area (Å²) in [5.41, 5.74) is 0.664. The topological polar surface area (TPSA) is 130 Å². The number of hydrogen-bond donors (Lipinski definition) is 1. The van der Waals surface area contributed by atoms with Gasteiger partial charge in [-0.15, -0.1) is 10.2 Å². The van der Waals surface area contributed by atoms with Crippen LogP contribution in [-0.4, -0.2) is 63.2 Å². The number of piperidine rings is 1. The van der Waals surface area contributed by atoms with Gasteiger partial charge in [0.1, 0.15) is 11.9 Å². The van der Waals surface area contributed by atoms with Gasteiger partial charge in [-0.2, -0.15) is 9.98 Å². The van der Waals surface area contributed by atoms with E-state index in [2.05, 4.69) is 43.6 Å². The van der Waals surface area contributed by atoms with Crippen LogP contribution in [0.1, 0.15) is 62.6 Å². The van der Waals surface area contributed by atoms with Gasteiger partial charge in [0, 0.05) is 23.2 Å². The third-order valence-electron chi connectivity index (χ3n) is 7.56. The van der Waals surface area contributed by atoms with E-state index in [-0.39, 0.29) is 15.9 Å². The van der Waals surface area contributed by atoms with Gasteiger partial charge in [0.05, 0.1) is 22.2 Å². The molecule has 0 atom stereocenters. The van der Waals surface area contributed by atoms with E-state index in [0.717, 1.165) is 54.9 Å². The third kappa shape index (κ3) is 4.85. The fourth-order valence-corrected chi connectivity index (χ4v) is 7.61. The van der Waals surface area contributed by atoms with Crippen LogP contribution in [0.15, 0.2) is 29.4 Å². The summed E-state index contributed by atoms with van der Waals surface area (Å²) in [7, 11) is -4.03. The second-order valence-electron chi connectivity index (χ2n) is 11.0. The Kier molecular flexibility index (Phi) is 6.81. The zero-order chi connectivity index (χ0) is 28.2. The maximum absolute atomic E-state index is 13.4. The maximum atomic E-state index is 13.4. The van der Waals surface area contributed by atoms with E-state index in [1.807, 2.05) is 6.07 Å². The molecule has 2 fully saturated rings. The number of benzene rings is 1. The van der Waals surface area contributed by atoms with Crippen LogP contribution < -0.4 is 4.72 Å². The molecule has 1 aromatic carbocycles. The second-order valence-corrected chi connectivity index (χ2v) is 13.6. The zero-order valence-corrected chi connectivity index (χ0v) is 23.6. The van der Waals surface area contributed by atoms with Gasteiger partial charge >= 0.3 is 0 Å².